The maximum Gasteiger partial charge on any atom is 0.0489 e. The Labute approximate surface area is 89.4 Å². The fraction of sp³-hybridized carbons (Fsp3) is 1.00. The largest absolute Gasteiger partial charge is 0.381 e. The maximum absolute atomic E-state index is 5.50. The first kappa shape index (κ1) is 13.9. The van der Waals surface area contributed by atoms with Crippen LogP contribution in [0.1, 0.15) is 41.0 Å². The van der Waals surface area contributed by atoms with Crippen molar-refractivity contribution in [2.75, 3.05) is 19.8 Å². The van der Waals surface area contributed by atoms with Crippen LogP contribution in [0.15, 0.2) is 0 Å². The average Bonchev–Trinajstić information content (AvgIpc) is 2.09. The van der Waals surface area contributed by atoms with Crippen LogP contribution in [0.4, 0.5) is 0 Å². The molecular formula is C12H27NO. The van der Waals surface area contributed by atoms with Gasteiger partial charge in [-0.3, -0.25) is 0 Å². The summed E-state index contributed by atoms with van der Waals surface area (Å²) in [5.41, 5.74) is 0. The lowest BCUT2D eigenvalue weighted by molar-refractivity contribution is 0.107. The molecule has 0 aliphatic rings. The molecule has 0 aromatic rings. The van der Waals surface area contributed by atoms with Crippen LogP contribution in [0.2, 0.25) is 0 Å². The zero-order valence-electron chi connectivity index (χ0n) is 10.5. The topological polar surface area (TPSA) is 21.3 Å². The van der Waals surface area contributed by atoms with E-state index in [0.717, 1.165) is 26.2 Å². The molecule has 0 rings (SSSR count). The Morgan fingerprint density at radius 2 is 1.71 bits per heavy atom. The molecule has 2 nitrogen and oxygen atoms in total. The van der Waals surface area contributed by atoms with E-state index in [1.165, 1.54) is 0 Å². The van der Waals surface area contributed by atoms with Gasteiger partial charge >= 0.3 is 0 Å². The van der Waals surface area contributed by atoms with Crippen molar-refractivity contribution < 1.29 is 4.74 Å². The van der Waals surface area contributed by atoms with Gasteiger partial charge in [0.2, 0.25) is 0 Å². The van der Waals surface area contributed by atoms with Gasteiger partial charge in [0, 0.05) is 19.3 Å². The normalized spacial score (nSPS) is 13.9. The van der Waals surface area contributed by atoms with E-state index < -0.39 is 0 Å². The van der Waals surface area contributed by atoms with Crippen molar-refractivity contribution in [3.8, 4) is 0 Å². The quantitative estimate of drug-likeness (QED) is 0.610. The molecule has 0 amide bonds. The minimum Gasteiger partial charge on any atom is -0.381 e. The maximum atomic E-state index is 5.50. The summed E-state index contributed by atoms with van der Waals surface area (Å²) in [6, 6.07) is 0.611. The molecule has 0 aliphatic heterocycles. The van der Waals surface area contributed by atoms with Crippen LogP contribution in [0, 0.1) is 11.8 Å². The first-order valence-corrected chi connectivity index (χ1v) is 5.85. The second-order valence-electron chi connectivity index (χ2n) is 4.81. The van der Waals surface area contributed by atoms with E-state index in [1.54, 1.807) is 0 Å². The highest BCUT2D eigenvalue weighted by Gasteiger charge is 2.04. The molecule has 0 bridgehead atoms. The standard InChI is InChI=1S/C12H27NO/c1-10(2)9-14-8-6-7-13-12(5)11(3)4/h10-13H,6-9H2,1-5H3. The number of nitrogens with one attached hydrogen (secondary N) is 1. The van der Waals surface area contributed by atoms with E-state index in [-0.39, 0.29) is 0 Å². The van der Waals surface area contributed by atoms with Crippen LogP contribution in [0.3, 0.4) is 0 Å². The van der Waals surface area contributed by atoms with Crippen LogP contribution in [0.25, 0.3) is 0 Å². The monoisotopic (exact) mass is 201 g/mol. The Morgan fingerprint density at radius 3 is 2.21 bits per heavy atom. The van der Waals surface area contributed by atoms with Crippen molar-refractivity contribution in [3.63, 3.8) is 0 Å². The third-order valence-electron chi connectivity index (χ3n) is 2.38. The van der Waals surface area contributed by atoms with Gasteiger partial charge in [-0.05, 0) is 31.7 Å². The predicted octanol–water partition coefficient (Wildman–Crippen LogP) is 2.68. The lowest BCUT2D eigenvalue weighted by atomic mass is 10.1. The molecular weight excluding hydrogens is 174 g/mol. The molecule has 0 radical (unpaired) electrons. The van der Waals surface area contributed by atoms with Crippen LogP contribution in [-0.2, 0) is 4.74 Å². The van der Waals surface area contributed by atoms with E-state index in [1.807, 2.05) is 0 Å². The molecule has 0 fully saturated rings. The van der Waals surface area contributed by atoms with Crippen LogP contribution >= 0.6 is 0 Å². The fourth-order valence-electron chi connectivity index (χ4n) is 1.06. The first-order valence-electron chi connectivity index (χ1n) is 5.85. The van der Waals surface area contributed by atoms with E-state index >= 15 is 0 Å². The highest BCUT2D eigenvalue weighted by atomic mass is 16.5. The third kappa shape index (κ3) is 8.52. The molecule has 14 heavy (non-hydrogen) atoms. The molecule has 2 heteroatoms. The second-order valence-corrected chi connectivity index (χ2v) is 4.81. The van der Waals surface area contributed by atoms with Crippen molar-refractivity contribution >= 4 is 0 Å². The van der Waals surface area contributed by atoms with Gasteiger partial charge in [-0.25, -0.2) is 0 Å². The second kappa shape index (κ2) is 8.25. The zero-order valence-corrected chi connectivity index (χ0v) is 10.5. The summed E-state index contributed by atoms with van der Waals surface area (Å²) in [4.78, 5) is 0. The van der Waals surface area contributed by atoms with E-state index in [4.69, 9.17) is 4.74 Å². The minimum atomic E-state index is 0.611. The zero-order chi connectivity index (χ0) is 11.0. The molecule has 0 spiro atoms. The van der Waals surface area contributed by atoms with Crippen molar-refractivity contribution in [2.45, 2.75) is 47.1 Å². The van der Waals surface area contributed by atoms with Crippen molar-refractivity contribution in [3.05, 3.63) is 0 Å². The van der Waals surface area contributed by atoms with Gasteiger partial charge in [0.1, 0.15) is 0 Å². The highest BCUT2D eigenvalue weighted by Crippen LogP contribution is 1.99. The molecule has 86 valence electrons. The van der Waals surface area contributed by atoms with Gasteiger partial charge in [0.15, 0.2) is 0 Å². The van der Waals surface area contributed by atoms with Gasteiger partial charge < -0.3 is 10.1 Å². The minimum absolute atomic E-state index is 0.611. The number of hydrogen-bond acceptors (Lipinski definition) is 2. The molecule has 1 N–H and O–H groups in total. The Kier molecular flexibility index (Phi) is 8.20. The van der Waals surface area contributed by atoms with Gasteiger partial charge in [-0.2, -0.15) is 0 Å². The molecule has 0 aliphatic carbocycles. The molecule has 0 saturated carbocycles. The van der Waals surface area contributed by atoms with Crippen LogP contribution < -0.4 is 5.32 Å². The summed E-state index contributed by atoms with van der Waals surface area (Å²) >= 11 is 0. The van der Waals surface area contributed by atoms with Crippen molar-refractivity contribution in [1.29, 1.82) is 0 Å². The molecule has 1 unspecified atom stereocenters. The first-order chi connectivity index (χ1) is 6.54. The summed E-state index contributed by atoms with van der Waals surface area (Å²) in [6.45, 7) is 13.9. The van der Waals surface area contributed by atoms with Gasteiger partial charge in [0.25, 0.3) is 0 Å². The van der Waals surface area contributed by atoms with E-state index in [0.29, 0.717) is 17.9 Å². The Bertz CT molecular complexity index is 123. The van der Waals surface area contributed by atoms with Gasteiger partial charge in [-0.1, -0.05) is 27.7 Å². The van der Waals surface area contributed by atoms with Gasteiger partial charge in [0.05, 0.1) is 0 Å². The number of rotatable bonds is 8. The Hall–Kier alpha value is -0.0800. The van der Waals surface area contributed by atoms with Crippen molar-refractivity contribution in [2.24, 2.45) is 11.8 Å². The van der Waals surface area contributed by atoms with Crippen molar-refractivity contribution in [1.82, 2.24) is 5.32 Å². The molecule has 0 saturated heterocycles. The number of hydrogen-bond donors (Lipinski definition) is 1. The molecule has 0 aromatic heterocycles. The van der Waals surface area contributed by atoms with E-state index in [2.05, 4.69) is 39.9 Å². The summed E-state index contributed by atoms with van der Waals surface area (Å²) in [5, 5.41) is 3.49. The molecule has 1 atom stereocenters. The van der Waals surface area contributed by atoms with Crippen LogP contribution in [0.5, 0.6) is 0 Å². The number of ether oxygens (including phenoxy) is 1. The van der Waals surface area contributed by atoms with E-state index in [9.17, 15) is 0 Å². The van der Waals surface area contributed by atoms with Gasteiger partial charge in [-0.15, -0.1) is 0 Å². The summed E-state index contributed by atoms with van der Waals surface area (Å²) < 4.78 is 5.50. The summed E-state index contributed by atoms with van der Waals surface area (Å²) in [6.07, 6.45) is 1.11. The lowest BCUT2D eigenvalue weighted by Crippen LogP contribution is -2.32. The average molecular weight is 201 g/mol. The summed E-state index contributed by atoms with van der Waals surface area (Å²) in [5.74, 6) is 1.36. The molecule has 0 heterocycles. The highest BCUT2D eigenvalue weighted by molar-refractivity contribution is 4.63. The third-order valence-corrected chi connectivity index (χ3v) is 2.38. The SMILES string of the molecule is CC(C)COCCCNC(C)C(C)C. The Balaban J connectivity index is 3.13. The predicted molar refractivity (Wildman–Crippen MR) is 62.6 cm³/mol. The lowest BCUT2D eigenvalue weighted by Gasteiger charge is -2.17. The smallest absolute Gasteiger partial charge is 0.0489 e. The fourth-order valence-corrected chi connectivity index (χ4v) is 1.06. The summed E-state index contributed by atoms with van der Waals surface area (Å²) in [7, 11) is 0. The Morgan fingerprint density at radius 1 is 1.07 bits per heavy atom. The van der Waals surface area contributed by atoms with Crippen LogP contribution in [-0.4, -0.2) is 25.8 Å². The molecule has 0 aromatic carbocycles.